The second-order valence-corrected chi connectivity index (χ2v) is 6.38. The van der Waals surface area contributed by atoms with Crippen LogP contribution in [0.25, 0.3) is 0 Å². The van der Waals surface area contributed by atoms with E-state index in [9.17, 15) is 4.79 Å². The number of ether oxygens (including phenoxy) is 2. The van der Waals surface area contributed by atoms with Crippen LogP contribution in [-0.2, 0) is 14.3 Å². The predicted molar refractivity (Wildman–Crippen MR) is 89.5 cm³/mol. The molecule has 6 heteroatoms. The van der Waals surface area contributed by atoms with Crippen LogP contribution < -0.4 is 10.2 Å². The van der Waals surface area contributed by atoms with Crippen molar-refractivity contribution in [3.63, 3.8) is 0 Å². The maximum Gasteiger partial charge on any atom is 0.289 e. The smallest absolute Gasteiger partial charge is 0.289 e. The Labute approximate surface area is 141 Å². The van der Waals surface area contributed by atoms with Gasteiger partial charge in [0.1, 0.15) is 19.5 Å². The summed E-state index contributed by atoms with van der Waals surface area (Å²) in [6, 6.07) is 5.96. The van der Waals surface area contributed by atoms with E-state index in [2.05, 4.69) is 17.1 Å². The Morgan fingerprint density at radius 1 is 1.43 bits per heavy atom. The number of hydrogen-bond donors (Lipinski definition) is 1. The van der Waals surface area contributed by atoms with E-state index in [0.29, 0.717) is 25.7 Å². The van der Waals surface area contributed by atoms with Gasteiger partial charge in [0, 0.05) is 30.3 Å². The Morgan fingerprint density at radius 2 is 2.30 bits per heavy atom. The van der Waals surface area contributed by atoms with E-state index in [1.54, 1.807) is 0 Å². The van der Waals surface area contributed by atoms with E-state index in [-0.39, 0.29) is 11.7 Å². The molecule has 1 saturated heterocycles. The molecular formula is C17H21ClN2O3. The molecule has 0 bridgehead atoms. The Bertz CT molecular complexity index is 618. The van der Waals surface area contributed by atoms with Gasteiger partial charge in [0.05, 0.1) is 0 Å². The minimum absolute atomic E-state index is 0.206. The van der Waals surface area contributed by atoms with Gasteiger partial charge in [-0.25, -0.2) is 0 Å². The summed E-state index contributed by atoms with van der Waals surface area (Å²) in [6.07, 6.45) is 2.43. The van der Waals surface area contributed by atoms with Crippen molar-refractivity contribution in [3.05, 3.63) is 40.8 Å². The maximum absolute atomic E-state index is 12.0. The van der Waals surface area contributed by atoms with E-state index < -0.39 is 0 Å². The zero-order valence-corrected chi connectivity index (χ0v) is 13.9. The highest BCUT2D eigenvalue weighted by Crippen LogP contribution is 2.29. The zero-order valence-electron chi connectivity index (χ0n) is 13.2. The molecule has 1 fully saturated rings. The van der Waals surface area contributed by atoms with Crippen LogP contribution in [0.4, 0.5) is 5.69 Å². The van der Waals surface area contributed by atoms with Gasteiger partial charge in [-0.1, -0.05) is 17.7 Å². The molecule has 1 atom stereocenters. The SMILES string of the molecule is Cc1ccc(Cl)cc1N1CC[C@@H](CNC(=O)C2=COCCO2)C1. The van der Waals surface area contributed by atoms with Crippen LogP contribution in [0.15, 0.2) is 30.2 Å². The third kappa shape index (κ3) is 3.91. The molecule has 0 aromatic heterocycles. The minimum Gasteiger partial charge on any atom is -0.494 e. The first-order valence-electron chi connectivity index (χ1n) is 7.87. The van der Waals surface area contributed by atoms with Crippen LogP contribution >= 0.6 is 11.6 Å². The fourth-order valence-electron chi connectivity index (χ4n) is 2.95. The molecule has 1 aromatic carbocycles. The highest BCUT2D eigenvalue weighted by Gasteiger charge is 2.25. The van der Waals surface area contributed by atoms with Crippen molar-refractivity contribution in [2.45, 2.75) is 13.3 Å². The van der Waals surface area contributed by atoms with Gasteiger partial charge >= 0.3 is 0 Å². The Hall–Kier alpha value is -1.88. The van der Waals surface area contributed by atoms with Crippen LogP contribution in [0.1, 0.15) is 12.0 Å². The van der Waals surface area contributed by atoms with Crippen LogP contribution in [-0.4, -0.2) is 38.8 Å². The largest absolute Gasteiger partial charge is 0.494 e. The van der Waals surface area contributed by atoms with Crippen LogP contribution in [0, 0.1) is 12.8 Å². The van der Waals surface area contributed by atoms with Gasteiger partial charge in [0.25, 0.3) is 5.91 Å². The number of rotatable bonds is 4. The van der Waals surface area contributed by atoms with E-state index in [0.717, 1.165) is 24.5 Å². The normalized spacial score (nSPS) is 20.5. The third-order valence-electron chi connectivity index (χ3n) is 4.22. The second-order valence-electron chi connectivity index (χ2n) is 5.94. The number of anilines is 1. The molecule has 124 valence electrons. The Kier molecular flexibility index (Phi) is 4.96. The summed E-state index contributed by atoms with van der Waals surface area (Å²) in [4.78, 5) is 14.3. The standard InChI is InChI=1S/C17H21ClN2O3/c1-12-2-3-14(18)8-15(12)20-5-4-13(10-20)9-19-17(21)16-11-22-6-7-23-16/h2-3,8,11,13H,4-7,9-10H2,1H3,(H,19,21)/t13-/m0/s1. The quantitative estimate of drug-likeness (QED) is 0.917. The first-order valence-corrected chi connectivity index (χ1v) is 8.25. The van der Waals surface area contributed by atoms with Gasteiger partial charge < -0.3 is 19.7 Å². The molecule has 1 N–H and O–H groups in total. The number of aryl methyl sites for hydroxylation is 1. The number of nitrogens with one attached hydrogen (secondary N) is 1. The summed E-state index contributed by atoms with van der Waals surface area (Å²) < 4.78 is 10.4. The molecule has 0 aliphatic carbocycles. The van der Waals surface area contributed by atoms with E-state index in [1.165, 1.54) is 17.5 Å². The fourth-order valence-corrected chi connectivity index (χ4v) is 3.12. The Balaban J connectivity index is 1.53. The first kappa shape index (κ1) is 16.0. The second kappa shape index (κ2) is 7.13. The lowest BCUT2D eigenvalue weighted by Gasteiger charge is -2.21. The molecule has 0 unspecified atom stereocenters. The molecule has 2 aliphatic heterocycles. The molecular weight excluding hydrogens is 316 g/mol. The Morgan fingerprint density at radius 3 is 3.09 bits per heavy atom. The molecule has 0 spiro atoms. The zero-order chi connectivity index (χ0) is 16.2. The van der Waals surface area contributed by atoms with Gasteiger partial charge in [-0.05, 0) is 37.0 Å². The lowest BCUT2D eigenvalue weighted by molar-refractivity contribution is -0.122. The average Bonchev–Trinajstić information content (AvgIpc) is 3.04. The first-order chi connectivity index (χ1) is 11.1. The summed E-state index contributed by atoms with van der Waals surface area (Å²) in [7, 11) is 0. The van der Waals surface area contributed by atoms with Gasteiger partial charge in [-0.15, -0.1) is 0 Å². The third-order valence-corrected chi connectivity index (χ3v) is 4.46. The average molecular weight is 337 g/mol. The molecule has 2 heterocycles. The van der Waals surface area contributed by atoms with Gasteiger partial charge in [0.2, 0.25) is 5.76 Å². The van der Waals surface area contributed by atoms with Crippen LogP contribution in [0.5, 0.6) is 0 Å². The van der Waals surface area contributed by atoms with Crippen molar-refractivity contribution in [1.82, 2.24) is 5.32 Å². The summed E-state index contributed by atoms with van der Waals surface area (Å²) >= 11 is 6.10. The number of carbonyl (C=O) groups is 1. The van der Waals surface area contributed by atoms with Crippen molar-refractivity contribution in [1.29, 1.82) is 0 Å². The molecule has 2 aliphatic rings. The van der Waals surface area contributed by atoms with Gasteiger partial charge in [0.15, 0.2) is 0 Å². The van der Waals surface area contributed by atoms with Gasteiger partial charge in [-0.3, -0.25) is 4.79 Å². The maximum atomic E-state index is 12.0. The summed E-state index contributed by atoms with van der Waals surface area (Å²) in [5, 5.41) is 3.68. The lowest BCUT2D eigenvalue weighted by atomic mass is 10.1. The van der Waals surface area contributed by atoms with Crippen molar-refractivity contribution >= 4 is 23.2 Å². The monoisotopic (exact) mass is 336 g/mol. The fraction of sp³-hybridized carbons (Fsp3) is 0.471. The molecule has 1 amide bonds. The van der Waals surface area contributed by atoms with E-state index >= 15 is 0 Å². The number of amides is 1. The molecule has 23 heavy (non-hydrogen) atoms. The van der Waals surface area contributed by atoms with Crippen molar-refractivity contribution in [3.8, 4) is 0 Å². The lowest BCUT2D eigenvalue weighted by Crippen LogP contribution is -2.33. The number of benzene rings is 1. The summed E-state index contributed by atoms with van der Waals surface area (Å²) in [5.74, 6) is 0.473. The number of hydrogen-bond acceptors (Lipinski definition) is 4. The highest BCUT2D eigenvalue weighted by molar-refractivity contribution is 6.30. The minimum atomic E-state index is -0.206. The molecule has 0 saturated carbocycles. The van der Waals surface area contributed by atoms with Crippen molar-refractivity contribution in [2.75, 3.05) is 37.7 Å². The molecule has 5 nitrogen and oxygen atoms in total. The summed E-state index contributed by atoms with van der Waals surface area (Å²) in [6.45, 7) is 5.53. The number of nitrogens with zero attached hydrogens (tertiary/aromatic N) is 1. The van der Waals surface area contributed by atoms with Crippen molar-refractivity contribution < 1.29 is 14.3 Å². The van der Waals surface area contributed by atoms with E-state index in [1.807, 2.05) is 18.2 Å². The topological polar surface area (TPSA) is 50.8 Å². The van der Waals surface area contributed by atoms with Gasteiger partial charge in [-0.2, -0.15) is 0 Å². The number of carbonyl (C=O) groups excluding carboxylic acids is 1. The molecule has 3 rings (SSSR count). The molecule has 0 radical (unpaired) electrons. The van der Waals surface area contributed by atoms with Crippen LogP contribution in [0.2, 0.25) is 5.02 Å². The number of halogens is 1. The van der Waals surface area contributed by atoms with Crippen molar-refractivity contribution in [2.24, 2.45) is 5.92 Å². The van der Waals surface area contributed by atoms with Crippen LogP contribution in [0.3, 0.4) is 0 Å². The highest BCUT2D eigenvalue weighted by atomic mass is 35.5. The molecule has 1 aromatic rings. The predicted octanol–water partition coefficient (Wildman–Crippen LogP) is 2.48. The van der Waals surface area contributed by atoms with E-state index in [4.69, 9.17) is 21.1 Å². The summed E-state index contributed by atoms with van der Waals surface area (Å²) in [5.41, 5.74) is 2.40.